The molecule has 0 bridgehead atoms. The van der Waals surface area contributed by atoms with Crippen molar-refractivity contribution in [3.05, 3.63) is 59.1 Å². The molecule has 0 aliphatic carbocycles. The normalized spacial score (nSPS) is 21.3. The zero-order valence-electron chi connectivity index (χ0n) is 14.9. The van der Waals surface area contributed by atoms with Crippen LogP contribution < -0.4 is 0 Å². The number of pyridine rings is 1. The molecule has 4 rings (SSSR count). The van der Waals surface area contributed by atoms with Crippen molar-refractivity contribution >= 4 is 22.6 Å². The van der Waals surface area contributed by atoms with E-state index >= 15 is 0 Å². The Hall–Kier alpha value is -1.95. The van der Waals surface area contributed by atoms with Gasteiger partial charge in [-0.05, 0) is 37.6 Å². The van der Waals surface area contributed by atoms with E-state index in [1.54, 1.807) is 6.20 Å². The van der Waals surface area contributed by atoms with Gasteiger partial charge in [-0.1, -0.05) is 48.9 Å². The van der Waals surface area contributed by atoms with Crippen LogP contribution in [-0.2, 0) is 12.1 Å². The Balaban J connectivity index is 1.85. The summed E-state index contributed by atoms with van der Waals surface area (Å²) in [5, 5.41) is 11.9. The van der Waals surface area contributed by atoms with Crippen LogP contribution in [0.5, 0.6) is 0 Å². The Labute approximate surface area is 158 Å². The number of fused-ring (bicyclic) bond motifs is 1. The first-order chi connectivity index (χ1) is 12.6. The van der Waals surface area contributed by atoms with E-state index in [4.69, 9.17) is 16.6 Å². The summed E-state index contributed by atoms with van der Waals surface area (Å²) in [5.41, 5.74) is 1.74. The predicted octanol–water partition coefficient (Wildman–Crippen LogP) is 3.44. The average molecular weight is 371 g/mol. The fourth-order valence-corrected chi connectivity index (χ4v) is 4.07. The summed E-state index contributed by atoms with van der Waals surface area (Å²) in [6.45, 7) is 5.29. The number of halogens is 1. The molecular formula is C20H23ClN4O. The summed E-state index contributed by atoms with van der Waals surface area (Å²) in [6.07, 6.45) is 3.35. The molecule has 6 heteroatoms. The van der Waals surface area contributed by atoms with Crippen LogP contribution in [0, 0.1) is 0 Å². The molecule has 1 atom stereocenters. The number of likely N-dealkylation sites (tertiary alicyclic amines) is 1. The van der Waals surface area contributed by atoms with E-state index in [2.05, 4.69) is 33.5 Å². The van der Waals surface area contributed by atoms with Crippen molar-refractivity contribution < 1.29 is 5.11 Å². The van der Waals surface area contributed by atoms with Crippen LogP contribution in [0.25, 0.3) is 11.0 Å². The monoisotopic (exact) mass is 370 g/mol. The van der Waals surface area contributed by atoms with Gasteiger partial charge in [0, 0.05) is 19.3 Å². The van der Waals surface area contributed by atoms with Gasteiger partial charge in [0.25, 0.3) is 0 Å². The minimum atomic E-state index is -0.981. The number of β-amino-alcohol motifs (C(OH)–C–C–N with tert-alkyl or cyclic N) is 1. The van der Waals surface area contributed by atoms with Crippen molar-refractivity contribution in [1.29, 1.82) is 0 Å². The van der Waals surface area contributed by atoms with Gasteiger partial charge >= 0.3 is 0 Å². The molecule has 1 unspecified atom stereocenters. The third-order valence-electron chi connectivity index (χ3n) is 5.22. The summed E-state index contributed by atoms with van der Waals surface area (Å²) in [5.74, 6) is 0.685. The Kier molecular flexibility index (Phi) is 4.69. The number of likely N-dealkylation sites (N-methyl/N-ethyl adjacent to an activating group) is 1. The highest BCUT2D eigenvalue weighted by Crippen LogP contribution is 2.34. The van der Waals surface area contributed by atoms with Crippen molar-refractivity contribution in [2.24, 2.45) is 0 Å². The molecule has 136 valence electrons. The van der Waals surface area contributed by atoms with Crippen molar-refractivity contribution in [3.63, 3.8) is 0 Å². The minimum Gasteiger partial charge on any atom is -0.381 e. The van der Waals surface area contributed by atoms with E-state index in [0.29, 0.717) is 36.0 Å². The molecule has 0 radical (unpaired) electrons. The van der Waals surface area contributed by atoms with Gasteiger partial charge in [0.2, 0.25) is 0 Å². The Morgan fingerprint density at radius 2 is 2.04 bits per heavy atom. The number of hydrogen-bond acceptors (Lipinski definition) is 4. The van der Waals surface area contributed by atoms with E-state index in [-0.39, 0.29) is 0 Å². The van der Waals surface area contributed by atoms with Gasteiger partial charge in [-0.25, -0.2) is 9.97 Å². The Bertz CT molecular complexity index is 911. The summed E-state index contributed by atoms with van der Waals surface area (Å²) in [4.78, 5) is 11.2. The molecule has 1 aliphatic rings. The highest BCUT2D eigenvalue weighted by Gasteiger charge is 2.39. The van der Waals surface area contributed by atoms with Crippen LogP contribution in [0.15, 0.2) is 42.6 Å². The van der Waals surface area contributed by atoms with Gasteiger partial charge in [-0.15, -0.1) is 0 Å². The van der Waals surface area contributed by atoms with Crippen LogP contribution in [-0.4, -0.2) is 44.2 Å². The number of aliphatic hydroxyl groups is 1. The largest absolute Gasteiger partial charge is 0.381 e. The number of imidazole rings is 1. The first-order valence-corrected chi connectivity index (χ1v) is 9.48. The minimum absolute atomic E-state index is 0.377. The first kappa shape index (κ1) is 17.5. The lowest BCUT2D eigenvalue weighted by Gasteiger charge is -2.38. The van der Waals surface area contributed by atoms with E-state index in [1.165, 1.54) is 0 Å². The molecule has 1 fully saturated rings. The fraction of sp³-hybridized carbons (Fsp3) is 0.400. The van der Waals surface area contributed by atoms with E-state index in [9.17, 15) is 5.11 Å². The second-order valence-electron chi connectivity index (χ2n) is 6.98. The van der Waals surface area contributed by atoms with Gasteiger partial charge in [-0.3, -0.25) is 0 Å². The molecule has 0 spiro atoms. The van der Waals surface area contributed by atoms with Crippen molar-refractivity contribution in [2.45, 2.75) is 31.9 Å². The molecule has 1 N–H and O–H groups in total. The maximum Gasteiger partial charge on any atom is 0.156 e. The second-order valence-corrected chi connectivity index (χ2v) is 7.34. The number of piperidine rings is 1. The first-order valence-electron chi connectivity index (χ1n) is 9.10. The molecule has 1 aromatic carbocycles. The zero-order chi connectivity index (χ0) is 18.1. The van der Waals surface area contributed by atoms with Gasteiger partial charge < -0.3 is 14.6 Å². The quantitative estimate of drug-likeness (QED) is 0.715. The number of rotatable bonds is 4. The fourth-order valence-electron chi connectivity index (χ4n) is 3.88. The zero-order valence-corrected chi connectivity index (χ0v) is 15.7. The predicted molar refractivity (Wildman–Crippen MR) is 103 cm³/mol. The highest BCUT2D eigenvalue weighted by atomic mass is 35.5. The van der Waals surface area contributed by atoms with E-state index < -0.39 is 5.60 Å². The number of hydrogen-bond donors (Lipinski definition) is 1. The molecule has 3 aromatic rings. The molecule has 1 aliphatic heterocycles. The lowest BCUT2D eigenvalue weighted by atomic mass is 9.91. The van der Waals surface area contributed by atoms with Crippen LogP contribution in [0.2, 0.25) is 5.15 Å². The SMILES string of the molecule is CCN1CCCC(O)(c2nc3c(Cl)nccc3n2Cc2ccccc2)C1. The third-order valence-corrected chi connectivity index (χ3v) is 5.50. The number of nitrogens with zero attached hydrogens (tertiary/aromatic N) is 4. The summed E-state index contributed by atoms with van der Waals surface area (Å²) >= 11 is 6.31. The summed E-state index contributed by atoms with van der Waals surface area (Å²) in [6, 6.07) is 12.1. The molecule has 0 saturated carbocycles. The Morgan fingerprint density at radius 3 is 2.81 bits per heavy atom. The standard InChI is InChI=1S/C20H23ClN4O/c1-2-24-12-6-10-20(26,14-24)19-23-17-16(9-11-22-18(17)21)25(19)13-15-7-4-3-5-8-15/h3-5,7-9,11,26H,2,6,10,12-14H2,1H3. The lowest BCUT2D eigenvalue weighted by Crippen LogP contribution is -2.47. The van der Waals surface area contributed by atoms with Gasteiger partial charge in [0.15, 0.2) is 5.15 Å². The second kappa shape index (κ2) is 6.99. The van der Waals surface area contributed by atoms with Crippen molar-refractivity contribution in [2.75, 3.05) is 19.6 Å². The molecule has 3 heterocycles. The lowest BCUT2D eigenvalue weighted by molar-refractivity contribution is -0.0427. The molecule has 1 saturated heterocycles. The number of benzene rings is 1. The van der Waals surface area contributed by atoms with Crippen molar-refractivity contribution in [3.8, 4) is 0 Å². The third kappa shape index (κ3) is 3.11. The van der Waals surface area contributed by atoms with Crippen LogP contribution in [0.4, 0.5) is 0 Å². The number of aromatic nitrogens is 3. The van der Waals surface area contributed by atoms with Crippen LogP contribution >= 0.6 is 11.6 Å². The summed E-state index contributed by atoms with van der Waals surface area (Å²) < 4.78 is 2.09. The van der Waals surface area contributed by atoms with Gasteiger partial charge in [0.05, 0.1) is 5.52 Å². The molecule has 26 heavy (non-hydrogen) atoms. The van der Waals surface area contributed by atoms with Gasteiger partial charge in [-0.2, -0.15) is 0 Å². The molecule has 5 nitrogen and oxygen atoms in total. The topological polar surface area (TPSA) is 54.2 Å². The molecular weight excluding hydrogens is 348 g/mol. The maximum absolute atomic E-state index is 11.5. The van der Waals surface area contributed by atoms with Crippen LogP contribution in [0.3, 0.4) is 0 Å². The average Bonchev–Trinajstić information content (AvgIpc) is 3.03. The summed E-state index contributed by atoms with van der Waals surface area (Å²) in [7, 11) is 0. The van der Waals surface area contributed by atoms with E-state index in [0.717, 1.165) is 30.6 Å². The maximum atomic E-state index is 11.5. The highest BCUT2D eigenvalue weighted by molar-refractivity contribution is 6.33. The smallest absolute Gasteiger partial charge is 0.156 e. The molecule has 0 amide bonds. The Morgan fingerprint density at radius 1 is 1.23 bits per heavy atom. The van der Waals surface area contributed by atoms with Crippen LogP contribution in [0.1, 0.15) is 31.2 Å². The van der Waals surface area contributed by atoms with Crippen molar-refractivity contribution in [1.82, 2.24) is 19.4 Å². The van der Waals surface area contributed by atoms with E-state index in [1.807, 2.05) is 24.3 Å². The van der Waals surface area contributed by atoms with Gasteiger partial charge in [0.1, 0.15) is 16.9 Å². The molecule has 2 aromatic heterocycles.